The largest absolute Gasteiger partial charge is 0.381 e. The maximum absolute atomic E-state index is 5.84. The van der Waals surface area contributed by atoms with Crippen molar-refractivity contribution in [2.24, 2.45) is 0 Å². The van der Waals surface area contributed by atoms with E-state index in [1.54, 1.807) is 0 Å². The summed E-state index contributed by atoms with van der Waals surface area (Å²) in [5.41, 5.74) is 5.44. The van der Waals surface area contributed by atoms with Crippen molar-refractivity contribution in [2.45, 2.75) is 0 Å². The van der Waals surface area contributed by atoms with E-state index in [4.69, 9.17) is 52.1 Å². The summed E-state index contributed by atoms with van der Waals surface area (Å²) in [7, 11) is 0. The van der Waals surface area contributed by atoms with Gasteiger partial charge < -0.3 is 11.1 Å². The molecule has 3 N–H and O–H groups in total. The fourth-order valence-electron chi connectivity index (χ4n) is 1.02. The molecule has 2 aromatic heterocycles. The van der Waals surface area contributed by atoms with Crippen LogP contribution < -0.4 is 11.1 Å². The van der Waals surface area contributed by atoms with Crippen LogP contribution in [0.1, 0.15) is 0 Å². The molecule has 0 radical (unpaired) electrons. The van der Waals surface area contributed by atoms with E-state index in [1.807, 2.05) is 0 Å². The van der Waals surface area contributed by atoms with Gasteiger partial charge in [0.15, 0.2) is 38.1 Å². The van der Waals surface area contributed by atoms with Crippen LogP contribution >= 0.6 is 46.4 Å². The Balaban J connectivity index is 2.34. The summed E-state index contributed by atoms with van der Waals surface area (Å²) in [4.78, 5) is 15.4. The van der Waals surface area contributed by atoms with Crippen LogP contribution in [0.4, 0.5) is 17.5 Å². The van der Waals surface area contributed by atoms with Gasteiger partial charge in [-0.05, 0) is 0 Å². The quantitative estimate of drug-likeness (QED) is 0.881. The molecule has 6 nitrogen and oxygen atoms in total. The molecule has 0 atom stereocenters. The predicted molar refractivity (Wildman–Crippen MR) is 71.8 cm³/mol. The summed E-state index contributed by atoms with van der Waals surface area (Å²) in [6, 6.07) is 0. The van der Waals surface area contributed by atoms with E-state index in [0.29, 0.717) is 5.82 Å². The van der Waals surface area contributed by atoms with Crippen LogP contribution in [-0.4, -0.2) is 19.9 Å². The van der Waals surface area contributed by atoms with Gasteiger partial charge in [0.2, 0.25) is 0 Å². The summed E-state index contributed by atoms with van der Waals surface area (Å²) in [6.07, 6.45) is 1.36. The Morgan fingerprint density at radius 3 is 2.28 bits per heavy atom. The average molecular weight is 326 g/mol. The molecule has 10 heteroatoms. The van der Waals surface area contributed by atoms with E-state index in [1.165, 1.54) is 6.20 Å². The van der Waals surface area contributed by atoms with Gasteiger partial charge in [0.25, 0.3) is 0 Å². The van der Waals surface area contributed by atoms with Gasteiger partial charge in [-0.15, -0.1) is 0 Å². The molecular weight excluding hydrogens is 322 g/mol. The molecule has 2 rings (SSSR count). The van der Waals surface area contributed by atoms with Crippen LogP contribution in [0.2, 0.25) is 20.6 Å². The molecule has 0 saturated heterocycles. The molecule has 0 spiro atoms. The summed E-state index contributed by atoms with van der Waals surface area (Å²) < 4.78 is 0. The first-order chi connectivity index (χ1) is 8.47. The minimum atomic E-state index is 0.0231. The topological polar surface area (TPSA) is 89.6 Å². The Morgan fingerprint density at radius 2 is 1.61 bits per heavy atom. The first-order valence-corrected chi connectivity index (χ1v) is 5.92. The molecule has 0 fully saturated rings. The average Bonchev–Trinajstić information content (AvgIpc) is 2.31. The zero-order valence-corrected chi connectivity index (χ0v) is 11.5. The van der Waals surface area contributed by atoms with E-state index < -0.39 is 0 Å². The smallest absolute Gasteiger partial charge is 0.174 e. The van der Waals surface area contributed by atoms with Crippen molar-refractivity contribution in [3.05, 3.63) is 26.8 Å². The van der Waals surface area contributed by atoms with Gasteiger partial charge in [-0.2, -0.15) is 0 Å². The van der Waals surface area contributed by atoms with Gasteiger partial charge in [-0.3, -0.25) is 0 Å². The number of nitrogen functional groups attached to an aromatic ring is 1. The van der Waals surface area contributed by atoms with Crippen LogP contribution in [0, 0.1) is 0 Å². The highest BCUT2D eigenvalue weighted by Gasteiger charge is 2.10. The van der Waals surface area contributed by atoms with Crippen LogP contribution in [0.15, 0.2) is 6.20 Å². The minimum Gasteiger partial charge on any atom is -0.381 e. The molecular formula is C8H4Cl4N6. The van der Waals surface area contributed by atoms with E-state index in [9.17, 15) is 0 Å². The standard InChI is InChI=1S/C8H4Cl4N6/c9-3-4(10)15-2(1-14-3)16-8-6(12)17-7(13)5(11)18-8/h1H,(H2,13,17)(H,15,16,18). The molecule has 0 aliphatic heterocycles. The summed E-state index contributed by atoms with van der Waals surface area (Å²) in [6.45, 7) is 0. The highest BCUT2D eigenvalue weighted by Crippen LogP contribution is 2.26. The molecule has 0 aromatic carbocycles. The fraction of sp³-hybridized carbons (Fsp3) is 0. The highest BCUT2D eigenvalue weighted by atomic mass is 35.5. The lowest BCUT2D eigenvalue weighted by atomic mass is 10.5. The number of aromatic nitrogens is 4. The molecule has 0 bridgehead atoms. The normalized spacial score (nSPS) is 10.4. The van der Waals surface area contributed by atoms with Crippen molar-refractivity contribution < 1.29 is 0 Å². The lowest BCUT2D eigenvalue weighted by Crippen LogP contribution is -2.02. The van der Waals surface area contributed by atoms with Gasteiger partial charge in [-0.25, -0.2) is 19.9 Å². The number of rotatable bonds is 2. The minimum absolute atomic E-state index is 0.0231. The third-order valence-electron chi connectivity index (χ3n) is 1.77. The Kier molecular flexibility index (Phi) is 3.91. The maximum atomic E-state index is 5.84. The Hall–Kier alpha value is -1.08. The van der Waals surface area contributed by atoms with Crippen molar-refractivity contribution in [3.63, 3.8) is 0 Å². The first kappa shape index (κ1) is 13.4. The molecule has 2 aromatic rings. The van der Waals surface area contributed by atoms with Crippen LogP contribution in [0.3, 0.4) is 0 Å². The summed E-state index contributed by atoms with van der Waals surface area (Å²) in [5.74, 6) is 0.512. The van der Waals surface area contributed by atoms with Gasteiger partial charge in [0.05, 0.1) is 6.20 Å². The number of hydrogen-bond acceptors (Lipinski definition) is 6. The lowest BCUT2D eigenvalue weighted by Gasteiger charge is -2.07. The van der Waals surface area contributed by atoms with Gasteiger partial charge in [0, 0.05) is 0 Å². The number of anilines is 3. The zero-order valence-electron chi connectivity index (χ0n) is 8.46. The van der Waals surface area contributed by atoms with Crippen molar-refractivity contribution in [2.75, 3.05) is 11.1 Å². The van der Waals surface area contributed by atoms with Crippen molar-refractivity contribution in [1.29, 1.82) is 0 Å². The SMILES string of the molecule is Nc1nc(Cl)c(Nc2cnc(Cl)c(Cl)n2)nc1Cl. The number of nitrogens with zero attached hydrogens (tertiary/aromatic N) is 4. The third-order valence-corrected chi connectivity index (χ3v) is 2.95. The van der Waals surface area contributed by atoms with E-state index in [2.05, 4.69) is 25.3 Å². The second-order valence-corrected chi connectivity index (χ2v) is 4.43. The predicted octanol–water partition coefficient (Wildman–Crippen LogP) is 3.21. The van der Waals surface area contributed by atoms with Crippen molar-refractivity contribution >= 4 is 63.9 Å². The van der Waals surface area contributed by atoms with Crippen LogP contribution in [0.5, 0.6) is 0 Å². The van der Waals surface area contributed by atoms with E-state index in [0.717, 1.165) is 0 Å². The number of nitrogens with one attached hydrogen (secondary N) is 1. The number of nitrogens with two attached hydrogens (primary N) is 1. The molecule has 18 heavy (non-hydrogen) atoms. The summed E-state index contributed by atoms with van der Waals surface area (Å²) in [5, 5.41) is 2.96. The third kappa shape index (κ3) is 2.84. The van der Waals surface area contributed by atoms with Gasteiger partial charge in [0.1, 0.15) is 0 Å². The number of hydrogen-bond donors (Lipinski definition) is 2. The number of halogens is 4. The fourth-order valence-corrected chi connectivity index (χ4v) is 1.56. The Morgan fingerprint density at radius 1 is 0.889 bits per heavy atom. The van der Waals surface area contributed by atoms with Crippen molar-refractivity contribution in [1.82, 2.24) is 19.9 Å². The molecule has 2 heterocycles. The summed E-state index contributed by atoms with van der Waals surface area (Å²) >= 11 is 22.9. The van der Waals surface area contributed by atoms with E-state index >= 15 is 0 Å². The molecule has 0 saturated carbocycles. The second-order valence-electron chi connectivity index (χ2n) is 3.00. The lowest BCUT2D eigenvalue weighted by molar-refractivity contribution is 1.16. The Bertz CT molecular complexity index is 604. The van der Waals surface area contributed by atoms with E-state index in [-0.39, 0.29) is 32.2 Å². The zero-order chi connectivity index (χ0) is 13.3. The Labute approximate surface area is 121 Å². The molecule has 0 aliphatic carbocycles. The monoisotopic (exact) mass is 324 g/mol. The second kappa shape index (κ2) is 5.27. The maximum Gasteiger partial charge on any atom is 0.174 e. The van der Waals surface area contributed by atoms with Crippen LogP contribution in [0.25, 0.3) is 0 Å². The van der Waals surface area contributed by atoms with Crippen LogP contribution in [-0.2, 0) is 0 Å². The highest BCUT2D eigenvalue weighted by molar-refractivity contribution is 6.40. The van der Waals surface area contributed by atoms with Gasteiger partial charge in [-0.1, -0.05) is 46.4 Å². The molecule has 0 unspecified atom stereocenters. The molecule has 0 aliphatic rings. The van der Waals surface area contributed by atoms with Gasteiger partial charge >= 0.3 is 0 Å². The molecule has 94 valence electrons. The first-order valence-electron chi connectivity index (χ1n) is 4.41. The van der Waals surface area contributed by atoms with Crippen molar-refractivity contribution in [3.8, 4) is 0 Å². The molecule has 0 amide bonds.